The van der Waals surface area contributed by atoms with Crippen LogP contribution in [0.25, 0.3) is 22.5 Å². The Morgan fingerprint density at radius 1 is 0.846 bits per heavy atom. The summed E-state index contributed by atoms with van der Waals surface area (Å²) >= 11 is 0. The number of carbonyl (C=O) groups excluding carboxylic acids is 1. The molecule has 0 saturated carbocycles. The molecule has 4 aromatic rings. The van der Waals surface area contributed by atoms with E-state index in [9.17, 15) is 13.6 Å². The van der Waals surface area contributed by atoms with Crippen molar-refractivity contribution in [3.8, 4) is 34.0 Å². The number of nitrogens with zero attached hydrogens (tertiary/aromatic N) is 3. The lowest BCUT2D eigenvalue weighted by Gasteiger charge is -2.19. The van der Waals surface area contributed by atoms with E-state index in [1.807, 2.05) is 0 Å². The van der Waals surface area contributed by atoms with E-state index in [1.54, 1.807) is 48.5 Å². The molecule has 0 bridgehead atoms. The second kappa shape index (κ2) is 12.9. The van der Waals surface area contributed by atoms with Gasteiger partial charge in [0.05, 0.1) is 24.2 Å². The number of hydrogen-bond acceptors (Lipinski definition) is 6. The molecule has 0 spiro atoms. The molecule has 0 fully saturated rings. The van der Waals surface area contributed by atoms with Crippen LogP contribution < -0.4 is 14.8 Å². The first-order valence-electron chi connectivity index (χ1n) is 12.7. The molecule has 0 radical (unpaired) electrons. The summed E-state index contributed by atoms with van der Waals surface area (Å²) in [5.41, 5.74) is 2.42. The number of likely N-dealkylation sites (N-methyl/N-ethyl adjacent to an activating group) is 1. The number of rotatable bonds is 11. The number of aromatic nitrogens is 2. The first kappa shape index (κ1) is 27.7. The van der Waals surface area contributed by atoms with Crippen LogP contribution in [0.2, 0.25) is 0 Å². The van der Waals surface area contributed by atoms with Crippen molar-refractivity contribution < 1.29 is 23.0 Å². The maximum Gasteiger partial charge on any atom is 0.293 e. The van der Waals surface area contributed by atoms with Crippen LogP contribution in [0, 0.1) is 11.6 Å². The standard InChI is InChI=1S/C30H30F2N4O3/c1-4-36(5-2)16-17-39-28-15-14-24(38-3)18-27(28)35-30(37)29-33-25(20-6-10-22(31)11-7-20)19-26(34-29)21-8-12-23(32)13-9-21/h6-15,18-19H,4-5,16-17H2,1-3H3,(H,35,37). The Morgan fingerprint density at radius 2 is 1.41 bits per heavy atom. The lowest BCUT2D eigenvalue weighted by atomic mass is 10.1. The summed E-state index contributed by atoms with van der Waals surface area (Å²) in [4.78, 5) is 24.6. The SMILES string of the molecule is CCN(CC)CCOc1ccc(OC)cc1NC(=O)c1nc(-c2ccc(F)cc2)cc(-c2ccc(F)cc2)n1. The number of amides is 1. The highest BCUT2D eigenvalue weighted by Gasteiger charge is 2.18. The van der Waals surface area contributed by atoms with Gasteiger partial charge in [-0.2, -0.15) is 0 Å². The minimum Gasteiger partial charge on any atom is -0.497 e. The number of ether oxygens (including phenoxy) is 2. The van der Waals surface area contributed by atoms with Gasteiger partial charge in [0.2, 0.25) is 5.82 Å². The van der Waals surface area contributed by atoms with Crippen molar-refractivity contribution in [3.63, 3.8) is 0 Å². The van der Waals surface area contributed by atoms with Crippen molar-refractivity contribution in [2.24, 2.45) is 0 Å². The summed E-state index contributed by atoms with van der Waals surface area (Å²) in [5.74, 6) is -0.469. The van der Waals surface area contributed by atoms with E-state index in [1.165, 1.54) is 31.4 Å². The van der Waals surface area contributed by atoms with Crippen LogP contribution >= 0.6 is 0 Å². The highest BCUT2D eigenvalue weighted by Crippen LogP contribution is 2.30. The van der Waals surface area contributed by atoms with Crippen molar-refractivity contribution in [1.82, 2.24) is 14.9 Å². The molecule has 9 heteroatoms. The van der Waals surface area contributed by atoms with Crippen molar-refractivity contribution in [2.75, 3.05) is 38.7 Å². The molecule has 202 valence electrons. The van der Waals surface area contributed by atoms with Gasteiger partial charge in [0.1, 0.15) is 29.7 Å². The number of benzene rings is 3. The van der Waals surface area contributed by atoms with Gasteiger partial charge >= 0.3 is 0 Å². The van der Waals surface area contributed by atoms with E-state index in [2.05, 4.69) is 34.0 Å². The Hall–Kier alpha value is -4.37. The molecule has 4 rings (SSSR count). The zero-order chi connectivity index (χ0) is 27.8. The monoisotopic (exact) mass is 532 g/mol. The molecule has 39 heavy (non-hydrogen) atoms. The Bertz CT molecular complexity index is 1350. The van der Waals surface area contributed by atoms with Gasteiger partial charge in [0.25, 0.3) is 5.91 Å². The minimum atomic E-state index is -0.579. The molecule has 0 aliphatic heterocycles. The number of nitrogens with one attached hydrogen (secondary N) is 1. The molecular formula is C30H30F2N4O3. The molecule has 1 N–H and O–H groups in total. The summed E-state index contributed by atoms with van der Waals surface area (Å²) in [6, 6.07) is 18.3. The van der Waals surface area contributed by atoms with Crippen LogP contribution in [0.5, 0.6) is 11.5 Å². The van der Waals surface area contributed by atoms with E-state index < -0.39 is 17.5 Å². The summed E-state index contributed by atoms with van der Waals surface area (Å²) in [5, 5.41) is 2.84. The first-order valence-corrected chi connectivity index (χ1v) is 12.7. The third-order valence-electron chi connectivity index (χ3n) is 6.20. The van der Waals surface area contributed by atoms with Crippen molar-refractivity contribution >= 4 is 11.6 Å². The van der Waals surface area contributed by atoms with Crippen LogP contribution in [-0.4, -0.2) is 54.1 Å². The van der Waals surface area contributed by atoms with Gasteiger partial charge in [0, 0.05) is 23.7 Å². The van der Waals surface area contributed by atoms with Gasteiger partial charge in [-0.05, 0) is 79.8 Å². The lowest BCUT2D eigenvalue weighted by Crippen LogP contribution is -2.28. The average Bonchev–Trinajstić information content (AvgIpc) is 2.96. The Labute approximate surface area is 226 Å². The summed E-state index contributed by atoms with van der Waals surface area (Å²) in [6.45, 7) is 7.15. The fourth-order valence-corrected chi connectivity index (χ4v) is 3.95. The third-order valence-corrected chi connectivity index (χ3v) is 6.20. The largest absolute Gasteiger partial charge is 0.497 e. The van der Waals surface area contributed by atoms with E-state index in [4.69, 9.17) is 9.47 Å². The van der Waals surface area contributed by atoms with Gasteiger partial charge < -0.3 is 19.7 Å². The van der Waals surface area contributed by atoms with Gasteiger partial charge in [-0.15, -0.1) is 0 Å². The highest BCUT2D eigenvalue weighted by atomic mass is 19.1. The zero-order valence-electron chi connectivity index (χ0n) is 22.1. The second-order valence-electron chi connectivity index (χ2n) is 8.67. The van der Waals surface area contributed by atoms with E-state index in [0.29, 0.717) is 46.3 Å². The molecule has 0 atom stereocenters. The van der Waals surface area contributed by atoms with Gasteiger partial charge in [-0.3, -0.25) is 4.79 Å². The molecule has 1 heterocycles. The molecule has 3 aromatic carbocycles. The Morgan fingerprint density at radius 3 is 1.92 bits per heavy atom. The molecule has 7 nitrogen and oxygen atoms in total. The van der Waals surface area contributed by atoms with E-state index in [-0.39, 0.29) is 5.82 Å². The first-order chi connectivity index (χ1) is 18.9. The molecule has 0 unspecified atom stereocenters. The Balaban J connectivity index is 1.67. The highest BCUT2D eigenvalue weighted by molar-refractivity contribution is 6.03. The molecule has 1 amide bonds. The normalized spacial score (nSPS) is 10.9. The third kappa shape index (κ3) is 7.14. The van der Waals surface area contributed by atoms with Crippen LogP contribution in [0.15, 0.2) is 72.8 Å². The number of anilines is 1. The van der Waals surface area contributed by atoms with Crippen LogP contribution in [0.4, 0.5) is 14.5 Å². The quantitative estimate of drug-likeness (QED) is 0.253. The number of hydrogen-bond donors (Lipinski definition) is 1. The van der Waals surface area contributed by atoms with E-state index in [0.717, 1.165) is 19.6 Å². The van der Waals surface area contributed by atoms with Crippen LogP contribution in [0.1, 0.15) is 24.5 Å². The van der Waals surface area contributed by atoms with Gasteiger partial charge in [-0.25, -0.2) is 18.7 Å². The number of carbonyl (C=O) groups is 1. The van der Waals surface area contributed by atoms with Gasteiger partial charge in [0.15, 0.2) is 0 Å². The predicted molar refractivity (Wildman–Crippen MR) is 147 cm³/mol. The fourth-order valence-electron chi connectivity index (χ4n) is 3.95. The molecule has 1 aromatic heterocycles. The van der Waals surface area contributed by atoms with Crippen molar-refractivity contribution in [3.05, 3.63) is 90.3 Å². The predicted octanol–water partition coefficient (Wildman–Crippen LogP) is 6.07. The molecular weight excluding hydrogens is 502 g/mol. The Kier molecular flexibility index (Phi) is 9.17. The molecule has 0 saturated heterocycles. The maximum absolute atomic E-state index is 13.5. The number of halogens is 2. The number of methoxy groups -OCH3 is 1. The summed E-state index contributed by atoms with van der Waals surface area (Å²) in [6.07, 6.45) is 0. The molecule has 0 aliphatic rings. The summed E-state index contributed by atoms with van der Waals surface area (Å²) in [7, 11) is 1.53. The van der Waals surface area contributed by atoms with Crippen LogP contribution in [-0.2, 0) is 0 Å². The minimum absolute atomic E-state index is 0.118. The lowest BCUT2D eigenvalue weighted by molar-refractivity contribution is 0.101. The molecule has 0 aliphatic carbocycles. The second-order valence-corrected chi connectivity index (χ2v) is 8.67. The van der Waals surface area contributed by atoms with E-state index >= 15 is 0 Å². The van der Waals surface area contributed by atoms with Crippen LogP contribution in [0.3, 0.4) is 0 Å². The zero-order valence-corrected chi connectivity index (χ0v) is 22.1. The fraction of sp³-hybridized carbons (Fsp3) is 0.233. The average molecular weight is 533 g/mol. The van der Waals surface area contributed by atoms with Crippen molar-refractivity contribution in [1.29, 1.82) is 0 Å². The maximum atomic E-state index is 13.5. The smallest absolute Gasteiger partial charge is 0.293 e. The van der Waals surface area contributed by atoms with Gasteiger partial charge in [-0.1, -0.05) is 13.8 Å². The van der Waals surface area contributed by atoms with Crippen molar-refractivity contribution in [2.45, 2.75) is 13.8 Å². The summed E-state index contributed by atoms with van der Waals surface area (Å²) < 4.78 is 38.4. The topological polar surface area (TPSA) is 76.6 Å².